The third kappa shape index (κ3) is 4.70. The van der Waals surface area contributed by atoms with Crippen LogP contribution in [0.2, 0.25) is 0 Å². The molecule has 0 atom stereocenters. The SMILES string of the molecule is CC1(C)c2ccccc2C2(c3ccccc3Sc3ccccc32)c2ccc(-c3cccc(-c4nc(-c5cccc6ccccc56)c5ccccc5n4)c3)cc21. The highest BCUT2D eigenvalue weighted by atomic mass is 32.2. The summed E-state index contributed by atoms with van der Waals surface area (Å²) in [5.41, 5.74) is 13.8. The minimum absolute atomic E-state index is 0.228. The van der Waals surface area contributed by atoms with Gasteiger partial charge in [-0.2, -0.15) is 0 Å². The summed E-state index contributed by atoms with van der Waals surface area (Å²) in [7, 11) is 0. The van der Waals surface area contributed by atoms with Gasteiger partial charge in [-0.15, -0.1) is 0 Å². The van der Waals surface area contributed by atoms with Gasteiger partial charge in [0.15, 0.2) is 5.82 Å². The van der Waals surface area contributed by atoms with Gasteiger partial charge in [0.05, 0.1) is 16.6 Å². The van der Waals surface area contributed by atoms with Crippen LogP contribution in [0.4, 0.5) is 0 Å². The van der Waals surface area contributed by atoms with Crippen molar-refractivity contribution in [3.63, 3.8) is 0 Å². The smallest absolute Gasteiger partial charge is 0.160 e. The van der Waals surface area contributed by atoms with Gasteiger partial charge in [-0.1, -0.05) is 177 Å². The van der Waals surface area contributed by atoms with E-state index in [0.29, 0.717) is 0 Å². The average Bonchev–Trinajstić information content (AvgIpc) is 3.24. The lowest BCUT2D eigenvalue weighted by molar-refractivity contribution is 0.549. The van der Waals surface area contributed by atoms with E-state index >= 15 is 0 Å². The zero-order chi connectivity index (χ0) is 36.7. The number of hydrogen-bond donors (Lipinski definition) is 0. The van der Waals surface area contributed by atoms with Gasteiger partial charge in [0.2, 0.25) is 0 Å². The fourth-order valence-electron chi connectivity index (χ4n) is 9.47. The van der Waals surface area contributed by atoms with Crippen molar-refractivity contribution in [3.8, 4) is 33.8 Å². The molecule has 0 amide bonds. The highest BCUT2D eigenvalue weighted by Crippen LogP contribution is 2.61. The van der Waals surface area contributed by atoms with Crippen LogP contribution in [-0.4, -0.2) is 9.97 Å². The Hall–Kier alpha value is -6.29. The van der Waals surface area contributed by atoms with Gasteiger partial charge >= 0.3 is 0 Å². The first kappa shape index (κ1) is 32.2. The summed E-state index contributed by atoms with van der Waals surface area (Å²) >= 11 is 1.89. The Kier molecular flexibility index (Phi) is 7.08. The molecular weight excluding hydrogens is 685 g/mol. The van der Waals surface area contributed by atoms with Crippen molar-refractivity contribution in [2.45, 2.75) is 34.5 Å². The predicted octanol–water partition coefficient (Wildman–Crippen LogP) is 13.3. The van der Waals surface area contributed by atoms with Crippen LogP contribution < -0.4 is 0 Å². The number of rotatable bonds is 3. The van der Waals surface area contributed by atoms with E-state index in [1.165, 1.54) is 59.5 Å². The second kappa shape index (κ2) is 12.1. The summed E-state index contributed by atoms with van der Waals surface area (Å²) < 4.78 is 0. The normalized spacial score (nSPS) is 14.6. The lowest BCUT2D eigenvalue weighted by Crippen LogP contribution is -2.43. The molecule has 9 aromatic rings. The first-order valence-electron chi connectivity index (χ1n) is 19.0. The molecule has 2 nitrogen and oxygen atoms in total. The molecule has 3 heteroatoms. The van der Waals surface area contributed by atoms with E-state index in [1.807, 2.05) is 11.8 Å². The van der Waals surface area contributed by atoms with Gasteiger partial charge in [-0.3, -0.25) is 0 Å². The molecule has 260 valence electrons. The van der Waals surface area contributed by atoms with E-state index < -0.39 is 5.41 Å². The van der Waals surface area contributed by atoms with Crippen molar-refractivity contribution in [1.82, 2.24) is 9.97 Å². The third-order valence-corrected chi connectivity index (χ3v) is 13.2. The van der Waals surface area contributed by atoms with Crippen molar-refractivity contribution in [2.24, 2.45) is 0 Å². The minimum Gasteiger partial charge on any atom is -0.228 e. The maximum absolute atomic E-state index is 5.33. The Labute approximate surface area is 325 Å². The lowest BCUT2D eigenvalue weighted by atomic mass is 9.54. The van der Waals surface area contributed by atoms with Crippen molar-refractivity contribution >= 4 is 33.4 Å². The molecule has 0 bridgehead atoms. The lowest BCUT2D eigenvalue weighted by Gasteiger charge is -2.50. The number of hydrogen-bond acceptors (Lipinski definition) is 3. The molecule has 55 heavy (non-hydrogen) atoms. The summed E-state index contributed by atoms with van der Waals surface area (Å²) in [4.78, 5) is 13.1. The van der Waals surface area contributed by atoms with Gasteiger partial charge in [0.25, 0.3) is 0 Å². The fourth-order valence-corrected chi connectivity index (χ4v) is 10.7. The van der Waals surface area contributed by atoms with E-state index in [2.05, 4.69) is 196 Å². The molecule has 2 aliphatic rings. The molecule has 2 heterocycles. The van der Waals surface area contributed by atoms with Crippen LogP contribution in [0.15, 0.2) is 192 Å². The zero-order valence-electron chi connectivity index (χ0n) is 30.6. The molecule has 0 radical (unpaired) electrons. The topological polar surface area (TPSA) is 25.8 Å². The van der Waals surface area contributed by atoms with Gasteiger partial charge in [0.1, 0.15) is 0 Å². The molecule has 0 fully saturated rings. The van der Waals surface area contributed by atoms with Crippen LogP contribution in [0.5, 0.6) is 0 Å². The Bertz CT molecular complexity index is 2960. The molecule has 11 rings (SSSR count). The fraction of sp³-hybridized carbons (Fsp3) is 0.0769. The Morgan fingerprint density at radius 3 is 1.80 bits per heavy atom. The van der Waals surface area contributed by atoms with Crippen LogP contribution >= 0.6 is 11.8 Å². The van der Waals surface area contributed by atoms with Gasteiger partial charge in [0, 0.05) is 31.7 Å². The van der Waals surface area contributed by atoms with E-state index in [-0.39, 0.29) is 5.41 Å². The molecule has 0 saturated heterocycles. The van der Waals surface area contributed by atoms with Crippen LogP contribution in [0.25, 0.3) is 55.4 Å². The van der Waals surface area contributed by atoms with E-state index in [1.54, 1.807) is 0 Å². The number of para-hydroxylation sites is 1. The Morgan fingerprint density at radius 2 is 1.00 bits per heavy atom. The van der Waals surface area contributed by atoms with E-state index in [0.717, 1.165) is 39.1 Å². The molecule has 0 unspecified atom stereocenters. The first-order valence-corrected chi connectivity index (χ1v) is 19.8. The number of aromatic nitrogens is 2. The van der Waals surface area contributed by atoms with Gasteiger partial charge in [-0.25, -0.2) is 9.97 Å². The first-order chi connectivity index (χ1) is 27.0. The summed E-state index contributed by atoms with van der Waals surface area (Å²) in [6.45, 7) is 4.79. The van der Waals surface area contributed by atoms with Crippen molar-refractivity contribution in [2.75, 3.05) is 0 Å². The van der Waals surface area contributed by atoms with Crippen LogP contribution in [-0.2, 0) is 10.8 Å². The molecule has 1 aliphatic heterocycles. The second-order valence-electron chi connectivity index (χ2n) is 15.3. The molecule has 1 aliphatic carbocycles. The second-order valence-corrected chi connectivity index (χ2v) is 16.4. The quantitative estimate of drug-likeness (QED) is 0.182. The average molecular weight is 721 g/mol. The molecule has 8 aromatic carbocycles. The van der Waals surface area contributed by atoms with Crippen LogP contribution in [0, 0.1) is 0 Å². The Morgan fingerprint density at radius 1 is 0.418 bits per heavy atom. The monoisotopic (exact) mass is 720 g/mol. The Balaban J connectivity index is 1.11. The number of nitrogens with zero attached hydrogens (tertiary/aromatic N) is 2. The highest BCUT2D eigenvalue weighted by Gasteiger charge is 2.52. The molecule has 0 saturated carbocycles. The standard InChI is InChI=1S/C52H36N2S/c1-51(2)40-22-6-7-23-41(40)52(43-24-8-11-27-47(43)55-48-28-12-9-25-44(48)52)42-30-29-35(32-45(42)51)34-17-13-18-36(31-34)50-53-46-26-10-5-20-39(46)49(54-50)38-21-14-16-33-15-3-4-19-37(33)38/h3-32H,1-2H3. The van der Waals surface area contributed by atoms with Crippen molar-refractivity contribution in [3.05, 3.63) is 215 Å². The van der Waals surface area contributed by atoms with Crippen LogP contribution in [0.1, 0.15) is 47.2 Å². The highest BCUT2D eigenvalue weighted by molar-refractivity contribution is 7.99. The third-order valence-electron chi connectivity index (χ3n) is 12.0. The summed E-state index contributed by atoms with van der Waals surface area (Å²) in [6.07, 6.45) is 0. The molecule has 0 N–H and O–H groups in total. The van der Waals surface area contributed by atoms with Gasteiger partial charge < -0.3 is 0 Å². The predicted molar refractivity (Wildman–Crippen MR) is 228 cm³/mol. The minimum atomic E-state index is -0.433. The number of fused-ring (bicyclic) bond motifs is 10. The van der Waals surface area contributed by atoms with Crippen molar-refractivity contribution in [1.29, 1.82) is 0 Å². The van der Waals surface area contributed by atoms with E-state index in [4.69, 9.17) is 9.97 Å². The maximum atomic E-state index is 5.33. The zero-order valence-corrected chi connectivity index (χ0v) is 31.4. The maximum Gasteiger partial charge on any atom is 0.160 e. The van der Waals surface area contributed by atoms with Crippen molar-refractivity contribution < 1.29 is 0 Å². The molecule has 1 spiro atoms. The number of benzene rings is 8. The molecular formula is C52H36N2S. The molecule has 1 aromatic heterocycles. The summed E-state index contributed by atoms with van der Waals surface area (Å²) in [5, 5.41) is 3.44. The van der Waals surface area contributed by atoms with E-state index in [9.17, 15) is 0 Å². The summed E-state index contributed by atoms with van der Waals surface area (Å²) in [5.74, 6) is 0.725. The van der Waals surface area contributed by atoms with Gasteiger partial charge in [-0.05, 0) is 85.6 Å². The largest absolute Gasteiger partial charge is 0.228 e. The summed E-state index contributed by atoms with van der Waals surface area (Å²) in [6, 6.07) is 66.6. The van der Waals surface area contributed by atoms with Crippen LogP contribution in [0.3, 0.4) is 0 Å².